The van der Waals surface area contributed by atoms with Crippen LogP contribution in [-0.2, 0) is 0 Å². The Morgan fingerprint density at radius 2 is 1.92 bits per heavy atom. The Hall–Kier alpha value is -4.86. The molecule has 1 amide bonds. The summed E-state index contributed by atoms with van der Waals surface area (Å²) >= 11 is 0. The van der Waals surface area contributed by atoms with Crippen molar-refractivity contribution in [2.45, 2.75) is 31.7 Å². The predicted molar refractivity (Wildman–Crippen MR) is 142 cm³/mol. The van der Waals surface area contributed by atoms with Crippen molar-refractivity contribution in [2.24, 2.45) is 0 Å². The van der Waals surface area contributed by atoms with Crippen LogP contribution >= 0.6 is 0 Å². The first kappa shape index (κ1) is 24.5. The summed E-state index contributed by atoms with van der Waals surface area (Å²) in [5, 5.41) is 22.6. The summed E-state index contributed by atoms with van der Waals surface area (Å²) in [4.78, 5) is 21.7. The summed E-state index contributed by atoms with van der Waals surface area (Å²) in [6, 6.07) is 18.4. The van der Waals surface area contributed by atoms with Crippen LogP contribution in [0.1, 0.15) is 42.0 Å². The molecule has 1 aliphatic carbocycles. The number of amides is 1. The molecule has 196 valence electrons. The van der Waals surface area contributed by atoms with E-state index in [4.69, 9.17) is 4.74 Å². The predicted octanol–water partition coefficient (Wildman–Crippen LogP) is 4.80. The lowest BCUT2D eigenvalue weighted by Crippen LogP contribution is -2.44. The molecule has 10 heteroatoms. The zero-order valence-corrected chi connectivity index (χ0v) is 21.1. The van der Waals surface area contributed by atoms with Gasteiger partial charge < -0.3 is 15.2 Å². The second kappa shape index (κ2) is 10.1. The highest BCUT2D eigenvalue weighted by atomic mass is 19.1. The standard InChI is InChI=1S/C29H25FN6O3/c1-2-39-20-11-13-22(31-16-20)28-35-34-27(36(28)24-8-4-3-7-21(24)30)18-14-19(15-18)32-29(38)23-12-10-17-6-5-9-25(37)26(17)33-23/h3-13,16,18-19,37H,2,14-15H2,1H3,(H,32,38). The number of aromatic hydroxyl groups is 1. The van der Waals surface area contributed by atoms with Gasteiger partial charge in [0.15, 0.2) is 5.82 Å². The van der Waals surface area contributed by atoms with E-state index in [0.29, 0.717) is 53.7 Å². The number of carbonyl (C=O) groups excluding carboxylic acids is 1. The van der Waals surface area contributed by atoms with E-state index in [1.807, 2.05) is 13.0 Å². The van der Waals surface area contributed by atoms with Gasteiger partial charge in [-0.2, -0.15) is 0 Å². The molecule has 0 aliphatic heterocycles. The zero-order chi connectivity index (χ0) is 26.9. The topological polar surface area (TPSA) is 115 Å². The lowest BCUT2D eigenvalue weighted by molar-refractivity contribution is 0.0902. The monoisotopic (exact) mass is 524 g/mol. The number of aromatic nitrogens is 5. The van der Waals surface area contributed by atoms with Crippen molar-refractivity contribution in [3.8, 4) is 28.7 Å². The normalized spacial score (nSPS) is 16.6. The third kappa shape index (κ3) is 4.65. The van der Waals surface area contributed by atoms with E-state index >= 15 is 0 Å². The van der Waals surface area contributed by atoms with E-state index in [1.54, 1.807) is 59.3 Å². The molecule has 3 heterocycles. The number of carbonyl (C=O) groups is 1. The molecule has 0 atom stereocenters. The maximum absolute atomic E-state index is 15.0. The number of benzene rings is 2. The van der Waals surface area contributed by atoms with Crippen molar-refractivity contribution in [3.05, 3.63) is 90.3 Å². The van der Waals surface area contributed by atoms with Gasteiger partial charge in [0.05, 0.1) is 18.5 Å². The minimum atomic E-state index is -0.402. The Kier molecular flexibility index (Phi) is 6.36. The van der Waals surface area contributed by atoms with Crippen LogP contribution in [-0.4, -0.2) is 48.4 Å². The lowest BCUT2D eigenvalue weighted by atomic mass is 9.79. The fourth-order valence-electron chi connectivity index (χ4n) is 4.83. The molecule has 5 aromatic rings. The van der Waals surface area contributed by atoms with Gasteiger partial charge in [-0.25, -0.2) is 14.4 Å². The summed E-state index contributed by atoms with van der Waals surface area (Å²) in [5.41, 5.74) is 1.47. The number of nitrogens with zero attached hydrogens (tertiary/aromatic N) is 5. The number of para-hydroxylation sites is 2. The minimum Gasteiger partial charge on any atom is -0.506 e. The molecule has 0 radical (unpaired) electrons. The molecule has 39 heavy (non-hydrogen) atoms. The van der Waals surface area contributed by atoms with E-state index in [-0.39, 0.29) is 29.3 Å². The number of halogens is 1. The highest BCUT2D eigenvalue weighted by molar-refractivity contribution is 5.96. The Labute approximate surface area is 223 Å². The van der Waals surface area contributed by atoms with Crippen molar-refractivity contribution < 1.29 is 19.0 Å². The number of ether oxygens (including phenoxy) is 1. The summed E-state index contributed by atoms with van der Waals surface area (Å²) in [5.74, 6) is 0.908. The lowest BCUT2D eigenvalue weighted by Gasteiger charge is -2.35. The molecule has 1 fully saturated rings. The van der Waals surface area contributed by atoms with E-state index in [9.17, 15) is 14.3 Å². The molecule has 0 unspecified atom stereocenters. The number of phenols is 1. The van der Waals surface area contributed by atoms with Gasteiger partial charge in [0.2, 0.25) is 0 Å². The smallest absolute Gasteiger partial charge is 0.270 e. The van der Waals surface area contributed by atoms with Crippen LogP contribution in [0.4, 0.5) is 4.39 Å². The van der Waals surface area contributed by atoms with Gasteiger partial charge in [-0.1, -0.05) is 30.3 Å². The second-order valence-electron chi connectivity index (χ2n) is 9.36. The molecule has 3 aromatic heterocycles. The highest BCUT2D eigenvalue weighted by Gasteiger charge is 2.36. The van der Waals surface area contributed by atoms with Crippen molar-refractivity contribution >= 4 is 16.8 Å². The Morgan fingerprint density at radius 3 is 2.69 bits per heavy atom. The molecule has 0 saturated heterocycles. The molecule has 0 spiro atoms. The number of fused-ring (bicyclic) bond motifs is 1. The first-order valence-electron chi connectivity index (χ1n) is 12.7. The van der Waals surface area contributed by atoms with Crippen LogP contribution in [0.15, 0.2) is 72.9 Å². The van der Waals surface area contributed by atoms with Crippen molar-refractivity contribution in [3.63, 3.8) is 0 Å². The maximum Gasteiger partial charge on any atom is 0.270 e. The molecule has 6 rings (SSSR count). The fraction of sp³-hybridized carbons (Fsp3) is 0.207. The van der Waals surface area contributed by atoms with Crippen molar-refractivity contribution in [1.82, 2.24) is 30.0 Å². The third-order valence-corrected chi connectivity index (χ3v) is 6.83. The summed E-state index contributed by atoms with van der Waals surface area (Å²) in [7, 11) is 0. The Bertz CT molecular complexity index is 1660. The number of rotatable bonds is 7. The first-order chi connectivity index (χ1) is 19.0. The summed E-state index contributed by atoms with van der Waals surface area (Å²) < 4.78 is 22.1. The molecule has 2 N–H and O–H groups in total. The minimum absolute atomic E-state index is 0.0242. The second-order valence-corrected chi connectivity index (χ2v) is 9.36. The molecule has 0 bridgehead atoms. The Balaban J connectivity index is 1.23. The molecular formula is C29H25FN6O3. The average molecular weight is 525 g/mol. The number of nitrogens with one attached hydrogen (secondary N) is 1. The van der Waals surface area contributed by atoms with Gasteiger partial charge in [0.25, 0.3) is 5.91 Å². The summed E-state index contributed by atoms with van der Waals surface area (Å²) in [6.45, 7) is 2.42. The zero-order valence-electron chi connectivity index (χ0n) is 21.1. The van der Waals surface area contributed by atoms with Crippen LogP contribution in [0.3, 0.4) is 0 Å². The van der Waals surface area contributed by atoms with Gasteiger partial charge in [-0.3, -0.25) is 9.36 Å². The average Bonchev–Trinajstić information content (AvgIpc) is 3.35. The van der Waals surface area contributed by atoms with Gasteiger partial charge in [0.1, 0.15) is 40.0 Å². The molecule has 1 saturated carbocycles. The van der Waals surface area contributed by atoms with E-state index in [1.165, 1.54) is 12.1 Å². The summed E-state index contributed by atoms with van der Waals surface area (Å²) in [6.07, 6.45) is 2.82. The van der Waals surface area contributed by atoms with Gasteiger partial charge >= 0.3 is 0 Å². The van der Waals surface area contributed by atoms with Crippen molar-refractivity contribution in [1.29, 1.82) is 0 Å². The molecule has 2 aromatic carbocycles. The maximum atomic E-state index is 15.0. The van der Waals surface area contributed by atoms with E-state index < -0.39 is 5.82 Å². The quantitative estimate of drug-likeness (QED) is 0.314. The number of pyridine rings is 2. The Morgan fingerprint density at radius 1 is 1.08 bits per heavy atom. The van der Waals surface area contributed by atoms with E-state index in [2.05, 4.69) is 25.5 Å². The van der Waals surface area contributed by atoms with Crippen LogP contribution in [0.25, 0.3) is 28.1 Å². The van der Waals surface area contributed by atoms with Gasteiger partial charge in [-0.15, -0.1) is 10.2 Å². The number of hydrogen-bond acceptors (Lipinski definition) is 7. The van der Waals surface area contributed by atoms with Gasteiger partial charge in [0, 0.05) is 17.3 Å². The third-order valence-electron chi connectivity index (χ3n) is 6.83. The molecular weight excluding hydrogens is 499 g/mol. The molecule has 1 aliphatic rings. The van der Waals surface area contributed by atoms with Crippen LogP contribution in [0.5, 0.6) is 11.5 Å². The van der Waals surface area contributed by atoms with Gasteiger partial charge in [-0.05, 0) is 56.2 Å². The van der Waals surface area contributed by atoms with Crippen LogP contribution in [0, 0.1) is 5.82 Å². The number of hydrogen-bond donors (Lipinski definition) is 2. The van der Waals surface area contributed by atoms with E-state index in [0.717, 1.165) is 5.39 Å². The molecule has 9 nitrogen and oxygen atoms in total. The largest absolute Gasteiger partial charge is 0.506 e. The van der Waals surface area contributed by atoms with Crippen LogP contribution < -0.4 is 10.1 Å². The van der Waals surface area contributed by atoms with Crippen LogP contribution in [0.2, 0.25) is 0 Å². The highest BCUT2D eigenvalue weighted by Crippen LogP contribution is 2.39. The van der Waals surface area contributed by atoms with Crippen molar-refractivity contribution in [2.75, 3.05) is 6.61 Å². The SMILES string of the molecule is CCOc1ccc(-c2nnc(C3CC(NC(=O)c4ccc5cccc(O)c5n4)C3)n2-c2ccccc2F)nc1. The fourth-order valence-corrected chi connectivity index (χ4v) is 4.83. The first-order valence-corrected chi connectivity index (χ1v) is 12.7. The number of phenolic OH excluding ortho intramolecular Hbond substituents is 1.